The zero-order valence-electron chi connectivity index (χ0n) is 9.32. The zero-order valence-corrected chi connectivity index (χ0v) is 10.1. The van der Waals surface area contributed by atoms with Crippen LogP contribution in [0.25, 0.3) is 0 Å². The lowest BCUT2D eigenvalue weighted by molar-refractivity contribution is -0.145. The standard InChI is InChI=1S/C11H14O4S/c1-3-7(12)10-8(13)4-6(5-9(10)14)11(15)16-2/h6,10H,3-5H2,1-2H3. The van der Waals surface area contributed by atoms with E-state index in [1.807, 2.05) is 0 Å². The summed E-state index contributed by atoms with van der Waals surface area (Å²) >= 11 is 1.02. The summed E-state index contributed by atoms with van der Waals surface area (Å²) in [6.07, 6.45) is 1.87. The molecule has 0 N–H and O–H groups in total. The summed E-state index contributed by atoms with van der Waals surface area (Å²) in [4.78, 5) is 46.0. The van der Waals surface area contributed by atoms with Crippen LogP contribution in [0.3, 0.4) is 0 Å². The van der Waals surface area contributed by atoms with Crippen LogP contribution in [0.1, 0.15) is 26.2 Å². The van der Waals surface area contributed by atoms with E-state index in [9.17, 15) is 19.2 Å². The highest BCUT2D eigenvalue weighted by molar-refractivity contribution is 8.13. The summed E-state index contributed by atoms with van der Waals surface area (Å²) in [6, 6.07) is 0. The van der Waals surface area contributed by atoms with Gasteiger partial charge in [0.1, 0.15) is 5.92 Å². The van der Waals surface area contributed by atoms with Gasteiger partial charge in [0.05, 0.1) is 0 Å². The van der Waals surface area contributed by atoms with E-state index >= 15 is 0 Å². The van der Waals surface area contributed by atoms with Gasteiger partial charge in [0.15, 0.2) is 22.5 Å². The van der Waals surface area contributed by atoms with E-state index in [4.69, 9.17) is 0 Å². The molecule has 0 radical (unpaired) electrons. The number of carbonyl (C=O) groups excluding carboxylic acids is 4. The van der Waals surface area contributed by atoms with E-state index in [2.05, 4.69) is 0 Å². The molecule has 0 heterocycles. The second kappa shape index (κ2) is 5.39. The van der Waals surface area contributed by atoms with Crippen molar-refractivity contribution in [3.05, 3.63) is 0 Å². The minimum atomic E-state index is -1.10. The number of Topliss-reactive ketones (excluding diaryl/α,β-unsaturated/α-hetero) is 3. The van der Waals surface area contributed by atoms with Gasteiger partial charge in [-0.1, -0.05) is 18.7 Å². The lowest BCUT2D eigenvalue weighted by Gasteiger charge is -2.23. The molecule has 0 atom stereocenters. The summed E-state index contributed by atoms with van der Waals surface area (Å²) in [7, 11) is 0. The lowest BCUT2D eigenvalue weighted by Crippen LogP contribution is -2.40. The molecule has 88 valence electrons. The topological polar surface area (TPSA) is 68.3 Å². The largest absolute Gasteiger partial charge is 0.298 e. The fourth-order valence-electron chi connectivity index (χ4n) is 1.87. The molecule has 1 aliphatic carbocycles. The third-order valence-corrected chi connectivity index (χ3v) is 3.48. The van der Waals surface area contributed by atoms with Gasteiger partial charge < -0.3 is 0 Å². The number of carbonyl (C=O) groups is 4. The normalized spacial score (nSPS) is 25.6. The lowest BCUT2D eigenvalue weighted by atomic mass is 9.78. The van der Waals surface area contributed by atoms with Crippen LogP contribution in [-0.4, -0.2) is 28.7 Å². The smallest absolute Gasteiger partial charge is 0.192 e. The summed E-state index contributed by atoms with van der Waals surface area (Å²) in [5.41, 5.74) is 0. The average Bonchev–Trinajstić information content (AvgIpc) is 2.26. The van der Waals surface area contributed by atoms with E-state index in [0.717, 1.165) is 11.8 Å². The predicted molar refractivity (Wildman–Crippen MR) is 60.0 cm³/mol. The summed E-state index contributed by atoms with van der Waals surface area (Å²) in [5.74, 6) is -2.75. The van der Waals surface area contributed by atoms with Crippen molar-refractivity contribution in [1.82, 2.24) is 0 Å². The maximum absolute atomic E-state index is 11.6. The molecule has 4 nitrogen and oxygen atoms in total. The second-order valence-electron chi connectivity index (χ2n) is 3.81. The molecule has 0 aromatic heterocycles. The summed E-state index contributed by atoms with van der Waals surface area (Å²) in [6.45, 7) is 1.63. The van der Waals surface area contributed by atoms with Crippen molar-refractivity contribution in [3.8, 4) is 0 Å². The van der Waals surface area contributed by atoms with Gasteiger partial charge in [0.25, 0.3) is 0 Å². The number of ketones is 3. The van der Waals surface area contributed by atoms with Crippen molar-refractivity contribution >= 4 is 34.2 Å². The Bertz CT molecular complexity index is 330. The van der Waals surface area contributed by atoms with Crippen molar-refractivity contribution in [2.45, 2.75) is 26.2 Å². The van der Waals surface area contributed by atoms with Gasteiger partial charge in [0.2, 0.25) is 0 Å². The van der Waals surface area contributed by atoms with E-state index in [-0.39, 0.29) is 30.2 Å². The maximum atomic E-state index is 11.6. The van der Waals surface area contributed by atoms with E-state index in [0.29, 0.717) is 0 Å². The van der Waals surface area contributed by atoms with Crippen LogP contribution >= 0.6 is 11.8 Å². The van der Waals surface area contributed by atoms with Gasteiger partial charge in [-0.05, 0) is 6.26 Å². The maximum Gasteiger partial charge on any atom is 0.192 e. The Kier molecular flexibility index (Phi) is 4.41. The number of hydrogen-bond acceptors (Lipinski definition) is 5. The van der Waals surface area contributed by atoms with Crippen LogP contribution in [0.15, 0.2) is 0 Å². The van der Waals surface area contributed by atoms with Gasteiger partial charge in [-0.25, -0.2) is 0 Å². The van der Waals surface area contributed by atoms with Crippen molar-refractivity contribution in [2.75, 3.05) is 6.26 Å². The summed E-state index contributed by atoms with van der Waals surface area (Å²) in [5, 5.41) is -0.149. The SMILES string of the molecule is CCC(=O)C1C(=O)CC(C(=O)SC)CC1=O. The molecule has 0 amide bonds. The van der Waals surface area contributed by atoms with Crippen LogP contribution < -0.4 is 0 Å². The quantitative estimate of drug-likeness (QED) is 0.691. The van der Waals surface area contributed by atoms with Crippen LogP contribution in [0.5, 0.6) is 0 Å². The molecule has 0 unspecified atom stereocenters. The molecule has 0 spiro atoms. The highest BCUT2D eigenvalue weighted by Gasteiger charge is 2.41. The highest BCUT2D eigenvalue weighted by Crippen LogP contribution is 2.27. The Morgan fingerprint density at radius 3 is 2.12 bits per heavy atom. The Labute approximate surface area is 98.2 Å². The van der Waals surface area contributed by atoms with Crippen molar-refractivity contribution in [3.63, 3.8) is 0 Å². The van der Waals surface area contributed by atoms with E-state index < -0.39 is 23.4 Å². The Hall–Kier alpha value is -0.970. The molecular formula is C11H14O4S. The highest BCUT2D eigenvalue weighted by atomic mass is 32.2. The van der Waals surface area contributed by atoms with Crippen molar-refractivity contribution in [1.29, 1.82) is 0 Å². The zero-order chi connectivity index (χ0) is 12.3. The molecular weight excluding hydrogens is 228 g/mol. The number of rotatable bonds is 3. The molecule has 1 fully saturated rings. The van der Waals surface area contributed by atoms with Crippen LogP contribution in [0.4, 0.5) is 0 Å². The first-order valence-electron chi connectivity index (χ1n) is 5.17. The molecule has 0 aliphatic heterocycles. The predicted octanol–water partition coefficient (Wildman–Crippen LogP) is 1.02. The summed E-state index contributed by atoms with van der Waals surface area (Å²) < 4.78 is 0. The first-order chi connectivity index (χ1) is 7.51. The fraction of sp³-hybridized carbons (Fsp3) is 0.636. The van der Waals surface area contributed by atoms with Crippen molar-refractivity contribution in [2.24, 2.45) is 11.8 Å². The Morgan fingerprint density at radius 1 is 1.25 bits per heavy atom. The second-order valence-corrected chi connectivity index (χ2v) is 4.62. The molecule has 0 saturated heterocycles. The molecule has 1 rings (SSSR count). The number of hydrogen-bond donors (Lipinski definition) is 0. The van der Waals surface area contributed by atoms with Gasteiger partial charge in [0, 0.05) is 25.2 Å². The minimum absolute atomic E-state index is 0.0296. The van der Waals surface area contributed by atoms with E-state index in [1.54, 1.807) is 13.2 Å². The Morgan fingerprint density at radius 2 is 1.75 bits per heavy atom. The molecule has 0 bridgehead atoms. The average molecular weight is 242 g/mol. The molecule has 0 aromatic carbocycles. The molecule has 1 saturated carbocycles. The van der Waals surface area contributed by atoms with Gasteiger partial charge >= 0.3 is 0 Å². The molecule has 0 aromatic rings. The molecule has 5 heteroatoms. The van der Waals surface area contributed by atoms with E-state index in [1.165, 1.54) is 0 Å². The first-order valence-corrected chi connectivity index (χ1v) is 6.39. The van der Waals surface area contributed by atoms with Gasteiger partial charge in [-0.15, -0.1) is 0 Å². The third kappa shape index (κ3) is 2.58. The fourth-order valence-corrected chi connectivity index (χ4v) is 2.37. The van der Waals surface area contributed by atoms with Gasteiger partial charge in [-0.3, -0.25) is 19.2 Å². The first kappa shape index (κ1) is 13.1. The third-order valence-electron chi connectivity index (χ3n) is 2.74. The van der Waals surface area contributed by atoms with Crippen molar-refractivity contribution < 1.29 is 19.2 Å². The Balaban J connectivity index is 2.79. The van der Waals surface area contributed by atoms with Gasteiger partial charge in [-0.2, -0.15) is 0 Å². The molecule has 1 aliphatic rings. The van der Waals surface area contributed by atoms with Crippen LogP contribution in [0, 0.1) is 11.8 Å². The molecule has 16 heavy (non-hydrogen) atoms. The van der Waals surface area contributed by atoms with Crippen LogP contribution in [-0.2, 0) is 19.2 Å². The minimum Gasteiger partial charge on any atom is -0.298 e. The number of thioether (sulfide) groups is 1. The van der Waals surface area contributed by atoms with Crippen LogP contribution in [0.2, 0.25) is 0 Å². The monoisotopic (exact) mass is 242 g/mol.